The zero-order valence-electron chi connectivity index (χ0n) is 11.9. The van der Waals surface area contributed by atoms with Crippen molar-refractivity contribution in [1.29, 1.82) is 0 Å². The van der Waals surface area contributed by atoms with Gasteiger partial charge in [0.15, 0.2) is 5.13 Å². The van der Waals surface area contributed by atoms with Gasteiger partial charge in [-0.25, -0.2) is 4.98 Å². The van der Waals surface area contributed by atoms with E-state index < -0.39 is 0 Å². The summed E-state index contributed by atoms with van der Waals surface area (Å²) in [6.07, 6.45) is 10.2. The first kappa shape index (κ1) is 13.4. The van der Waals surface area contributed by atoms with Crippen LogP contribution in [0.15, 0.2) is 48.1 Å². The largest absolute Gasteiger partial charge is 0.344 e. The highest BCUT2D eigenvalue weighted by molar-refractivity contribution is 7.22. The summed E-state index contributed by atoms with van der Waals surface area (Å²) in [6, 6.07) is 8.41. The number of aromatic nitrogens is 1. The van der Waals surface area contributed by atoms with Crippen molar-refractivity contribution >= 4 is 26.7 Å². The normalized spacial score (nSPS) is 13.9. The van der Waals surface area contributed by atoms with Gasteiger partial charge in [0.1, 0.15) is 0 Å². The third-order valence-electron chi connectivity index (χ3n) is 3.58. The highest BCUT2D eigenvalue weighted by Crippen LogP contribution is 2.29. The molecule has 1 aliphatic rings. The van der Waals surface area contributed by atoms with Crippen LogP contribution in [0.2, 0.25) is 0 Å². The summed E-state index contributed by atoms with van der Waals surface area (Å²) in [5.41, 5.74) is 2.60. The highest BCUT2D eigenvalue weighted by atomic mass is 32.1. The van der Waals surface area contributed by atoms with Crippen molar-refractivity contribution < 1.29 is 0 Å². The van der Waals surface area contributed by atoms with Crippen LogP contribution in [0.1, 0.15) is 26.2 Å². The average Bonchev–Trinajstić information content (AvgIpc) is 3.12. The number of para-hydroxylation sites is 1. The van der Waals surface area contributed by atoms with Gasteiger partial charge in [-0.3, -0.25) is 0 Å². The van der Waals surface area contributed by atoms with Gasteiger partial charge in [0, 0.05) is 13.1 Å². The topological polar surface area (TPSA) is 16.1 Å². The molecule has 1 aromatic heterocycles. The Morgan fingerprint density at radius 2 is 2.20 bits per heavy atom. The van der Waals surface area contributed by atoms with Gasteiger partial charge in [-0.05, 0) is 30.5 Å². The molecule has 0 unspecified atom stereocenters. The summed E-state index contributed by atoms with van der Waals surface area (Å²) >= 11 is 1.81. The fourth-order valence-electron chi connectivity index (χ4n) is 2.44. The Kier molecular flexibility index (Phi) is 4.16. The minimum atomic E-state index is 1.01. The second kappa shape index (κ2) is 6.23. The van der Waals surface area contributed by atoms with E-state index in [-0.39, 0.29) is 0 Å². The van der Waals surface area contributed by atoms with Gasteiger partial charge < -0.3 is 4.90 Å². The van der Waals surface area contributed by atoms with E-state index in [1.165, 1.54) is 23.1 Å². The lowest BCUT2D eigenvalue weighted by molar-refractivity contribution is 0.734. The Balaban J connectivity index is 1.83. The first-order chi connectivity index (χ1) is 9.86. The van der Waals surface area contributed by atoms with E-state index in [1.807, 2.05) is 0 Å². The van der Waals surface area contributed by atoms with Gasteiger partial charge in [-0.2, -0.15) is 0 Å². The van der Waals surface area contributed by atoms with Crippen molar-refractivity contribution in [2.24, 2.45) is 0 Å². The van der Waals surface area contributed by atoms with Crippen molar-refractivity contribution in [3.8, 4) is 0 Å². The van der Waals surface area contributed by atoms with Crippen molar-refractivity contribution in [2.45, 2.75) is 26.2 Å². The number of allylic oxidation sites excluding steroid dienone is 3. The summed E-state index contributed by atoms with van der Waals surface area (Å²) in [5.74, 6) is 0. The lowest BCUT2D eigenvalue weighted by Crippen LogP contribution is -2.26. The molecule has 0 N–H and O–H groups in total. The van der Waals surface area contributed by atoms with Gasteiger partial charge in [0.05, 0.1) is 10.2 Å². The average molecular weight is 284 g/mol. The molecule has 0 fully saturated rings. The van der Waals surface area contributed by atoms with Crippen LogP contribution in [0.25, 0.3) is 10.2 Å². The van der Waals surface area contributed by atoms with Crippen LogP contribution in [-0.2, 0) is 0 Å². The van der Waals surface area contributed by atoms with E-state index in [0.29, 0.717) is 0 Å². The summed E-state index contributed by atoms with van der Waals surface area (Å²) in [6.45, 7) is 4.34. The van der Waals surface area contributed by atoms with E-state index in [1.54, 1.807) is 11.3 Å². The Morgan fingerprint density at radius 3 is 2.95 bits per heavy atom. The van der Waals surface area contributed by atoms with Crippen LogP contribution in [0, 0.1) is 0 Å². The summed E-state index contributed by atoms with van der Waals surface area (Å²) in [4.78, 5) is 7.24. The van der Waals surface area contributed by atoms with Crippen LogP contribution < -0.4 is 4.90 Å². The Morgan fingerprint density at radius 1 is 1.30 bits per heavy atom. The number of fused-ring (bicyclic) bond motifs is 1. The smallest absolute Gasteiger partial charge is 0.186 e. The molecule has 3 heteroatoms. The highest BCUT2D eigenvalue weighted by Gasteiger charge is 2.13. The number of hydrogen-bond acceptors (Lipinski definition) is 3. The molecule has 104 valence electrons. The summed E-state index contributed by atoms with van der Waals surface area (Å²) in [7, 11) is 0. The van der Waals surface area contributed by atoms with E-state index in [4.69, 9.17) is 4.98 Å². The van der Waals surface area contributed by atoms with Crippen LogP contribution in [0.4, 0.5) is 5.13 Å². The molecule has 1 aliphatic carbocycles. The van der Waals surface area contributed by atoms with Crippen molar-refractivity contribution in [1.82, 2.24) is 4.98 Å². The number of benzene rings is 1. The molecule has 0 spiro atoms. The van der Waals surface area contributed by atoms with Gasteiger partial charge >= 0.3 is 0 Å². The zero-order valence-corrected chi connectivity index (χ0v) is 12.7. The molecule has 2 nitrogen and oxygen atoms in total. The fraction of sp³-hybridized carbons (Fsp3) is 0.353. The molecule has 0 atom stereocenters. The minimum absolute atomic E-state index is 1.01. The maximum atomic E-state index is 4.80. The second-order valence-corrected chi connectivity index (χ2v) is 6.21. The third kappa shape index (κ3) is 2.93. The third-order valence-corrected chi connectivity index (χ3v) is 4.67. The SMILES string of the molecule is CCCCN(CC1=CC=CC1)c1nc2ccccc2s1. The molecule has 0 saturated heterocycles. The van der Waals surface area contributed by atoms with E-state index in [0.717, 1.165) is 30.2 Å². The van der Waals surface area contributed by atoms with Crippen LogP contribution in [-0.4, -0.2) is 18.1 Å². The van der Waals surface area contributed by atoms with E-state index >= 15 is 0 Å². The number of nitrogens with zero attached hydrogens (tertiary/aromatic N) is 2. The first-order valence-corrected chi connectivity index (χ1v) is 8.13. The van der Waals surface area contributed by atoms with Gasteiger partial charge in [-0.1, -0.05) is 55.0 Å². The zero-order chi connectivity index (χ0) is 13.8. The molecular weight excluding hydrogens is 264 g/mol. The Labute approximate surface area is 124 Å². The van der Waals surface area contributed by atoms with E-state index in [9.17, 15) is 0 Å². The molecule has 1 aromatic carbocycles. The van der Waals surface area contributed by atoms with Crippen LogP contribution in [0.5, 0.6) is 0 Å². The molecule has 20 heavy (non-hydrogen) atoms. The summed E-state index contributed by atoms with van der Waals surface area (Å²) in [5, 5.41) is 1.16. The lowest BCUT2D eigenvalue weighted by Gasteiger charge is -2.22. The second-order valence-electron chi connectivity index (χ2n) is 5.20. The molecule has 1 heterocycles. The molecule has 3 rings (SSSR count). The van der Waals surface area contributed by atoms with Crippen molar-refractivity contribution in [2.75, 3.05) is 18.0 Å². The lowest BCUT2D eigenvalue weighted by atomic mass is 10.2. The number of hydrogen-bond donors (Lipinski definition) is 0. The maximum Gasteiger partial charge on any atom is 0.186 e. The standard InChI is InChI=1S/C17H20N2S/c1-2-3-12-19(13-14-8-4-5-9-14)17-18-15-10-6-7-11-16(15)20-17/h4-8,10-11H,2-3,9,12-13H2,1H3. The predicted molar refractivity (Wildman–Crippen MR) is 88.6 cm³/mol. The van der Waals surface area contributed by atoms with Gasteiger partial charge in [0.25, 0.3) is 0 Å². The van der Waals surface area contributed by atoms with E-state index in [2.05, 4.69) is 54.3 Å². The molecule has 0 amide bonds. The molecular formula is C17H20N2S. The van der Waals surface area contributed by atoms with Crippen LogP contribution in [0.3, 0.4) is 0 Å². The molecule has 0 saturated carbocycles. The predicted octanol–water partition coefficient (Wildman–Crippen LogP) is 4.79. The molecule has 0 aliphatic heterocycles. The fourth-order valence-corrected chi connectivity index (χ4v) is 3.43. The van der Waals surface area contributed by atoms with Crippen LogP contribution >= 0.6 is 11.3 Å². The minimum Gasteiger partial charge on any atom is -0.344 e. The van der Waals surface area contributed by atoms with Crippen molar-refractivity contribution in [3.63, 3.8) is 0 Å². The monoisotopic (exact) mass is 284 g/mol. The number of thiazole rings is 1. The van der Waals surface area contributed by atoms with Gasteiger partial charge in [-0.15, -0.1) is 0 Å². The maximum absolute atomic E-state index is 4.80. The number of rotatable bonds is 6. The number of anilines is 1. The quantitative estimate of drug-likeness (QED) is 0.758. The molecule has 0 bridgehead atoms. The summed E-state index contributed by atoms with van der Waals surface area (Å²) < 4.78 is 1.28. The molecule has 2 aromatic rings. The number of unbranched alkanes of at least 4 members (excludes halogenated alkanes) is 1. The first-order valence-electron chi connectivity index (χ1n) is 7.32. The van der Waals surface area contributed by atoms with Crippen molar-refractivity contribution in [3.05, 3.63) is 48.1 Å². The molecule has 0 radical (unpaired) electrons. The Bertz CT molecular complexity index is 606. The van der Waals surface area contributed by atoms with Gasteiger partial charge in [0.2, 0.25) is 0 Å². The Hall–Kier alpha value is -1.61.